The fourth-order valence-electron chi connectivity index (χ4n) is 2.52. The highest BCUT2D eigenvalue weighted by atomic mass is 19.1. The molecule has 1 aliphatic rings. The molecule has 2 aromatic rings. The lowest BCUT2D eigenvalue weighted by molar-refractivity contribution is 0.502. The number of nitrogens with one attached hydrogen (secondary N) is 1. The molecule has 0 saturated heterocycles. The Labute approximate surface area is 110 Å². The molecular weight excluding hydrogens is 246 g/mol. The summed E-state index contributed by atoms with van der Waals surface area (Å²) in [6, 6.07) is 7.63. The highest BCUT2D eigenvalue weighted by Crippen LogP contribution is 2.29. The van der Waals surface area contributed by atoms with E-state index in [1.54, 1.807) is 6.20 Å². The second-order valence-corrected chi connectivity index (χ2v) is 4.76. The van der Waals surface area contributed by atoms with Gasteiger partial charge in [0.05, 0.1) is 11.7 Å². The Morgan fingerprint density at radius 3 is 3.05 bits per heavy atom. The van der Waals surface area contributed by atoms with Crippen molar-refractivity contribution in [1.29, 1.82) is 0 Å². The molecular formula is C15H14F2N2. The van der Waals surface area contributed by atoms with Crippen LogP contribution in [0.5, 0.6) is 0 Å². The molecule has 1 N–H and O–H groups in total. The van der Waals surface area contributed by atoms with Crippen LogP contribution in [0.2, 0.25) is 0 Å². The van der Waals surface area contributed by atoms with E-state index in [4.69, 9.17) is 0 Å². The first-order chi connectivity index (χ1) is 9.24. The highest BCUT2D eigenvalue weighted by Gasteiger charge is 2.23. The van der Waals surface area contributed by atoms with Gasteiger partial charge < -0.3 is 5.32 Å². The van der Waals surface area contributed by atoms with Crippen LogP contribution in [-0.2, 0) is 13.0 Å². The fraction of sp³-hybridized carbons (Fsp3) is 0.267. The van der Waals surface area contributed by atoms with Crippen molar-refractivity contribution in [3.63, 3.8) is 0 Å². The minimum atomic E-state index is -0.414. The predicted molar refractivity (Wildman–Crippen MR) is 68.5 cm³/mol. The molecule has 1 unspecified atom stereocenters. The van der Waals surface area contributed by atoms with E-state index in [1.807, 2.05) is 6.07 Å². The molecule has 0 amide bonds. The number of halogens is 2. The van der Waals surface area contributed by atoms with Gasteiger partial charge in [0.1, 0.15) is 11.6 Å². The van der Waals surface area contributed by atoms with Gasteiger partial charge in [0.25, 0.3) is 0 Å². The number of pyridine rings is 1. The van der Waals surface area contributed by atoms with E-state index in [0.717, 1.165) is 30.7 Å². The Balaban J connectivity index is 1.72. The average Bonchev–Trinajstić information content (AvgIpc) is 2.83. The van der Waals surface area contributed by atoms with Gasteiger partial charge >= 0.3 is 0 Å². The molecule has 3 rings (SSSR count). The van der Waals surface area contributed by atoms with E-state index in [1.165, 1.54) is 11.6 Å². The summed E-state index contributed by atoms with van der Waals surface area (Å²) in [7, 11) is 0. The molecule has 1 heterocycles. The Morgan fingerprint density at radius 1 is 1.26 bits per heavy atom. The Kier molecular flexibility index (Phi) is 3.25. The molecule has 0 spiro atoms. The SMILES string of the molecule is Fc1ccc(F)c(CNC2CCc3cccnc32)c1. The summed E-state index contributed by atoms with van der Waals surface area (Å²) in [5.41, 5.74) is 2.61. The smallest absolute Gasteiger partial charge is 0.127 e. The third kappa shape index (κ3) is 2.49. The van der Waals surface area contributed by atoms with Crippen molar-refractivity contribution in [3.8, 4) is 0 Å². The van der Waals surface area contributed by atoms with Crippen LogP contribution in [0.4, 0.5) is 8.78 Å². The van der Waals surface area contributed by atoms with Gasteiger partial charge in [-0.25, -0.2) is 8.78 Å². The Bertz CT molecular complexity index is 598. The summed E-state index contributed by atoms with van der Waals surface area (Å²) < 4.78 is 26.6. The van der Waals surface area contributed by atoms with Crippen LogP contribution in [0.1, 0.15) is 29.3 Å². The quantitative estimate of drug-likeness (QED) is 0.917. The van der Waals surface area contributed by atoms with Crippen LogP contribution < -0.4 is 5.32 Å². The first-order valence-corrected chi connectivity index (χ1v) is 6.35. The second-order valence-electron chi connectivity index (χ2n) is 4.76. The summed E-state index contributed by atoms with van der Waals surface area (Å²) in [5.74, 6) is -0.795. The van der Waals surface area contributed by atoms with Crippen molar-refractivity contribution in [2.45, 2.75) is 25.4 Å². The van der Waals surface area contributed by atoms with Crippen LogP contribution in [0.3, 0.4) is 0 Å². The van der Waals surface area contributed by atoms with Crippen molar-refractivity contribution in [1.82, 2.24) is 10.3 Å². The molecule has 1 aromatic heterocycles. The summed E-state index contributed by atoms with van der Waals surface area (Å²) >= 11 is 0. The van der Waals surface area contributed by atoms with Gasteiger partial charge in [-0.3, -0.25) is 4.98 Å². The van der Waals surface area contributed by atoms with Crippen molar-refractivity contribution in [3.05, 3.63) is 65.0 Å². The molecule has 1 aliphatic carbocycles. The van der Waals surface area contributed by atoms with E-state index >= 15 is 0 Å². The molecule has 98 valence electrons. The molecule has 1 atom stereocenters. The molecule has 2 nitrogen and oxygen atoms in total. The number of hydrogen-bond acceptors (Lipinski definition) is 2. The number of aromatic nitrogens is 1. The zero-order chi connectivity index (χ0) is 13.2. The maximum absolute atomic E-state index is 13.5. The lowest BCUT2D eigenvalue weighted by atomic mass is 10.1. The number of rotatable bonds is 3. The van der Waals surface area contributed by atoms with Crippen LogP contribution in [0.15, 0.2) is 36.5 Å². The number of nitrogens with zero attached hydrogens (tertiary/aromatic N) is 1. The van der Waals surface area contributed by atoms with E-state index in [2.05, 4.69) is 16.4 Å². The van der Waals surface area contributed by atoms with Gasteiger partial charge in [0, 0.05) is 18.3 Å². The number of aryl methyl sites for hydroxylation is 1. The normalized spacial score (nSPS) is 17.5. The predicted octanol–water partition coefficient (Wildman–Crippen LogP) is 3.14. The first-order valence-electron chi connectivity index (χ1n) is 6.35. The van der Waals surface area contributed by atoms with Crippen molar-refractivity contribution >= 4 is 0 Å². The summed E-state index contributed by atoms with van der Waals surface area (Å²) in [6.07, 6.45) is 3.69. The van der Waals surface area contributed by atoms with Gasteiger partial charge in [-0.2, -0.15) is 0 Å². The number of benzene rings is 1. The Hall–Kier alpha value is -1.81. The van der Waals surface area contributed by atoms with Gasteiger partial charge in [0.2, 0.25) is 0 Å². The highest BCUT2D eigenvalue weighted by molar-refractivity contribution is 5.28. The second kappa shape index (κ2) is 5.05. The van der Waals surface area contributed by atoms with Gasteiger partial charge in [-0.1, -0.05) is 6.07 Å². The molecule has 0 bridgehead atoms. The number of hydrogen-bond donors (Lipinski definition) is 1. The topological polar surface area (TPSA) is 24.9 Å². The maximum Gasteiger partial charge on any atom is 0.127 e. The summed E-state index contributed by atoms with van der Waals surface area (Å²) in [6.45, 7) is 0.310. The Morgan fingerprint density at radius 2 is 2.16 bits per heavy atom. The third-order valence-corrected chi connectivity index (χ3v) is 3.51. The van der Waals surface area contributed by atoms with Crippen molar-refractivity contribution in [2.75, 3.05) is 0 Å². The first kappa shape index (κ1) is 12.2. The molecule has 0 aliphatic heterocycles. The molecule has 0 saturated carbocycles. The fourth-order valence-corrected chi connectivity index (χ4v) is 2.52. The molecule has 4 heteroatoms. The molecule has 0 radical (unpaired) electrons. The average molecular weight is 260 g/mol. The van der Waals surface area contributed by atoms with Crippen LogP contribution in [-0.4, -0.2) is 4.98 Å². The van der Waals surface area contributed by atoms with Crippen LogP contribution in [0.25, 0.3) is 0 Å². The van der Waals surface area contributed by atoms with Crippen molar-refractivity contribution in [2.24, 2.45) is 0 Å². The van der Waals surface area contributed by atoms with Gasteiger partial charge in [0.15, 0.2) is 0 Å². The third-order valence-electron chi connectivity index (χ3n) is 3.51. The van der Waals surface area contributed by atoms with E-state index in [-0.39, 0.29) is 11.9 Å². The van der Waals surface area contributed by atoms with Crippen LogP contribution in [0, 0.1) is 11.6 Å². The lowest BCUT2D eigenvalue weighted by Gasteiger charge is -2.13. The minimum Gasteiger partial charge on any atom is -0.304 e. The molecule has 0 fully saturated rings. The lowest BCUT2D eigenvalue weighted by Crippen LogP contribution is -2.20. The summed E-state index contributed by atoms with van der Waals surface area (Å²) in [5, 5.41) is 3.25. The zero-order valence-electron chi connectivity index (χ0n) is 10.4. The van der Waals surface area contributed by atoms with E-state index in [0.29, 0.717) is 12.1 Å². The van der Waals surface area contributed by atoms with Crippen molar-refractivity contribution < 1.29 is 8.78 Å². The largest absolute Gasteiger partial charge is 0.304 e. The van der Waals surface area contributed by atoms with Gasteiger partial charge in [-0.05, 0) is 42.7 Å². The van der Waals surface area contributed by atoms with E-state index < -0.39 is 5.82 Å². The van der Waals surface area contributed by atoms with E-state index in [9.17, 15) is 8.78 Å². The van der Waals surface area contributed by atoms with Crippen LogP contribution >= 0.6 is 0 Å². The maximum atomic E-state index is 13.5. The molecule has 1 aromatic carbocycles. The standard InChI is InChI=1S/C15H14F2N2/c16-12-4-5-13(17)11(8-12)9-19-14-6-3-10-2-1-7-18-15(10)14/h1-2,4-5,7-8,14,19H,3,6,9H2. The molecule has 19 heavy (non-hydrogen) atoms. The monoisotopic (exact) mass is 260 g/mol. The zero-order valence-corrected chi connectivity index (χ0v) is 10.4. The van der Waals surface area contributed by atoms with Gasteiger partial charge in [-0.15, -0.1) is 0 Å². The minimum absolute atomic E-state index is 0.124. The summed E-state index contributed by atoms with van der Waals surface area (Å²) in [4.78, 5) is 4.36. The number of fused-ring (bicyclic) bond motifs is 1.